The smallest absolute Gasteiger partial charge is 0.139 e. The summed E-state index contributed by atoms with van der Waals surface area (Å²) in [5, 5.41) is 10.8. The molecule has 0 aliphatic rings. The maximum absolute atomic E-state index is 9.19. The van der Waals surface area contributed by atoms with Crippen LogP contribution in [0.3, 0.4) is 0 Å². The first-order chi connectivity index (χ1) is 7.11. The fourth-order valence-corrected chi connectivity index (χ4v) is 1.86. The molecule has 2 aromatic rings. The quantitative estimate of drug-likeness (QED) is 0.844. The number of fused-ring (bicyclic) bond motifs is 1. The van der Waals surface area contributed by atoms with Crippen molar-refractivity contribution >= 4 is 22.6 Å². The molecule has 0 unspecified atom stereocenters. The zero-order valence-corrected chi connectivity index (χ0v) is 9.51. The average molecular weight is 225 g/mol. The van der Waals surface area contributed by atoms with Crippen molar-refractivity contribution < 1.29 is 9.52 Å². The lowest BCUT2D eigenvalue weighted by Gasteiger charge is -1.99. The molecule has 0 bridgehead atoms. The summed E-state index contributed by atoms with van der Waals surface area (Å²) in [7, 11) is 0. The van der Waals surface area contributed by atoms with Gasteiger partial charge in [0.1, 0.15) is 11.3 Å². The van der Waals surface area contributed by atoms with E-state index in [1.165, 1.54) is 0 Å². The molecule has 15 heavy (non-hydrogen) atoms. The first-order valence-corrected chi connectivity index (χ1v) is 5.32. The van der Waals surface area contributed by atoms with E-state index in [1.54, 1.807) is 6.07 Å². The third-order valence-electron chi connectivity index (χ3n) is 2.42. The number of benzene rings is 1. The zero-order valence-electron chi connectivity index (χ0n) is 8.75. The van der Waals surface area contributed by atoms with Crippen LogP contribution < -0.4 is 0 Å². The Morgan fingerprint density at radius 2 is 2.07 bits per heavy atom. The Labute approximate surface area is 93.5 Å². The van der Waals surface area contributed by atoms with Crippen molar-refractivity contribution in [3.05, 3.63) is 34.5 Å². The summed E-state index contributed by atoms with van der Waals surface area (Å²) >= 11 is 5.94. The topological polar surface area (TPSA) is 33.4 Å². The van der Waals surface area contributed by atoms with E-state index in [0.29, 0.717) is 10.9 Å². The lowest BCUT2D eigenvalue weighted by Crippen LogP contribution is -1.83. The second-order valence-electron chi connectivity index (χ2n) is 3.94. The van der Waals surface area contributed by atoms with Crippen molar-refractivity contribution in [3.63, 3.8) is 0 Å². The van der Waals surface area contributed by atoms with Gasteiger partial charge in [0.05, 0.1) is 6.61 Å². The van der Waals surface area contributed by atoms with Crippen molar-refractivity contribution in [1.82, 2.24) is 0 Å². The number of aliphatic hydroxyl groups is 1. The molecule has 0 aliphatic heterocycles. The minimum absolute atomic E-state index is 0.0535. The largest absolute Gasteiger partial charge is 0.460 e. The number of aliphatic hydroxyl groups excluding tert-OH is 1. The van der Waals surface area contributed by atoms with Crippen LogP contribution in [0.15, 0.2) is 22.6 Å². The normalized spacial score (nSPS) is 11.5. The van der Waals surface area contributed by atoms with Crippen LogP contribution in [0.4, 0.5) is 0 Å². The average Bonchev–Trinajstić information content (AvgIpc) is 2.59. The second-order valence-corrected chi connectivity index (χ2v) is 4.38. The summed E-state index contributed by atoms with van der Waals surface area (Å²) in [5.74, 6) is 1.25. The molecule has 1 aromatic carbocycles. The lowest BCUT2D eigenvalue weighted by molar-refractivity contribution is 0.281. The molecular formula is C12H13ClO2. The summed E-state index contributed by atoms with van der Waals surface area (Å²) < 4.78 is 5.69. The molecular weight excluding hydrogens is 212 g/mol. The van der Waals surface area contributed by atoms with Crippen LogP contribution in [0.5, 0.6) is 0 Å². The maximum atomic E-state index is 9.19. The second kappa shape index (κ2) is 3.87. The van der Waals surface area contributed by atoms with Crippen molar-refractivity contribution in [1.29, 1.82) is 0 Å². The fraction of sp³-hybridized carbons (Fsp3) is 0.333. The van der Waals surface area contributed by atoms with Crippen molar-refractivity contribution in [2.75, 3.05) is 0 Å². The van der Waals surface area contributed by atoms with Gasteiger partial charge >= 0.3 is 0 Å². The van der Waals surface area contributed by atoms with E-state index in [2.05, 4.69) is 13.8 Å². The van der Waals surface area contributed by atoms with Crippen LogP contribution in [0.1, 0.15) is 31.1 Å². The molecule has 0 spiro atoms. The van der Waals surface area contributed by atoms with Crippen molar-refractivity contribution in [2.45, 2.75) is 26.4 Å². The monoisotopic (exact) mass is 224 g/mol. The Kier molecular flexibility index (Phi) is 2.72. The van der Waals surface area contributed by atoms with Gasteiger partial charge in [0.15, 0.2) is 0 Å². The van der Waals surface area contributed by atoms with Gasteiger partial charge in [0.25, 0.3) is 0 Å². The first kappa shape index (κ1) is 10.5. The molecule has 80 valence electrons. The molecule has 3 heteroatoms. The van der Waals surface area contributed by atoms with Gasteiger partial charge in [-0.25, -0.2) is 0 Å². The molecule has 0 aliphatic carbocycles. The van der Waals surface area contributed by atoms with Crippen molar-refractivity contribution in [2.24, 2.45) is 0 Å². The molecule has 1 heterocycles. The predicted molar refractivity (Wildman–Crippen MR) is 61.2 cm³/mol. The SMILES string of the molecule is CC(C)c1cc2cc(Cl)cc(CO)c2o1. The number of hydrogen-bond donors (Lipinski definition) is 1. The van der Waals surface area contributed by atoms with Gasteiger partial charge in [-0.15, -0.1) is 0 Å². The molecule has 0 saturated heterocycles. The van der Waals surface area contributed by atoms with Gasteiger partial charge < -0.3 is 9.52 Å². The Morgan fingerprint density at radius 1 is 1.33 bits per heavy atom. The van der Waals surface area contributed by atoms with Gasteiger partial charge in [0, 0.05) is 21.9 Å². The van der Waals surface area contributed by atoms with E-state index in [4.69, 9.17) is 16.0 Å². The van der Waals surface area contributed by atoms with Crippen LogP contribution in [-0.4, -0.2) is 5.11 Å². The summed E-state index contributed by atoms with van der Waals surface area (Å²) in [5.41, 5.74) is 1.48. The van der Waals surface area contributed by atoms with E-state index in [1.807, 2.05) is 12.1 Å². The predicted octanol–water partition coefficient (Wildman–Crippen LogP) is 3.70. The molecule has 0 atom stereocenters. The number of hydrogen-bond acceptors (Lipinski definition) is 2. The Hall–Kier alpha value is -0.990. The number of halogens is 1. The first-order valence-electron chi connectivity index (χ1n) is 4.94. The molecule has 0 amide bonds. The molecule has 2 rings (SSSR count). The summed E-state index contributed by atoms with van der Waals surface area (Å²) in [6, 6.07) is 5.56. The van der Waals surface area contributed by atoms with E-state index >= 15 is 0 Å². The Morgan fingerprint density at radius 3 is 2.67 bits per heavy atom. The summed E-state index contributed by atoms with van der Waals surface area (Å²) in [6.07, 6.45) is 0. The van der Waals surface area contributed by atoms with E-state index in [-0.39, 0.29) is 6.61 Å². The van der Waals surface area contributed by atoms with Crippen molar-refractivity contribution in [3.8, 4) is 0 Å². The van der Waals surface area contributed by atoms with Crippen LogP contribution in [0.25, 0.3) is 11.0 Å². The third kappa shape index (κ3) is 1.87. The van der Waals surface area contributed by atoms with Gasteiger partial charge in [-0.1, -0.05) is 25.4 Å². The van der Waals surface area contributed by atoms with E-state index < -0.39 is 0 Å². The fourth-order valence-electron chi connectivity index (χ4n) is 1.61. The number of furan rings is 1. The molecule has 0 radical (unpaired) electrons. The summed E-state index contributed by atoms with van der Waals surface area (Å²) in [6.45, 7) is 4.08. The van der Waals surface area contributed by atoms with E-state index in [9.17, 15) is 5.11 Å². The molecule has 0 saturated carbocycles. The van der Waals surface area contributed by atoms with Crippen LogP contribution >= 0.6 is 11.6 Å². The lowest BCUT2D eigenvalue weighted by atomic mass is 10.1. The van der Waals surface area contributed by atoms with Crippen LogP contribution in [0, 0.1) is 0 Å². The standard InChI is InChI=1S/C12H13ClO2/c1-7(2)11-5-8-3-10(13)4-9(6-14)12(8)15-11/h3-5,7,14H,6H2,1-2H3. The Balaban J connectivity index is 2.68. The number of rotatable bonds is 2. The highest BCUT2D eigenvalue weighted by molar-refractivity contribution is 6.31. The van der Waals surface area contributed by atoms with Crippen LogP contribution in [0.2, 0.25) is 5.02 Å². The van der Waals surface area contributed by atoms with Crippen LogP contribution in [-0.2, 0) is 6.61 Å². The molecule has 1 N–H and O–H groups in total. The van der Waals surface area contributed by atoms with Gasteiger partial charge in [0.2, 0.25) is 0 Å². The minimum atomic E-state index is -0.0535. The Bertz CT molecular complexity index is 486. The molecule has 0 fully saturated rings. The molecule has 2 nitrogen and oxygen atoms in total. The highest BCUT2D eigenvalue weighted by Crippen LogP contribution is 2.30. The zero-order chi connectivity index (χ0) is 11.0. The summed E-state index contributed by atoms with van der Waals surface area (Å²) in [4.78, 5) is 0. The highest BCUT2D eigenvalue weighted by Gasteiger charge is 2.11. The molecule has 1 aromatic heterocycles. The third-order valence-corrected chi connectivity index (χ3v) is 2.63. The highest BCUT2D eigenvalue weighted by atomic mass is 35.5. The van der Waals surface area contributed by atoms with Gasteiger partial charge in [-0.2, -0.15) is 0 Å². The van der Waals surface area contributed by atoms with Gasteiger partial charge in [-0.3, -0.25) is 0 Å². The van der Waals surface area contributed by atoms with Gasteiger partial charge in [-0.05, 0) is 18.2 Å². The van der Waals surface area contributed by atoms with E-state index in [0.717, 1.165) is 22.3 Å². The maximum Gasteiger partial charge on any atom is 0.139 e. The minimum Gasteiger partial charge on any atom is -0.460 e.